The number of hydrogen-bond acceptors (Lipinski definition) is 7. The fraction of sp³-hybridized carbons (Fsp3) is 0.158. The molecule has 1 N–H and O–H groups in total. The van der Waals surface area contributed by atoms with Gasteiger partial charge >= 0.3 is 5.69 Å². The van der Waals surface area contributed by atoms with Gasteiger partial charge in [-0.05, 0) is 48.6 Å². The SMILES string of the molecule is C=C(/C=C(/C=O)SC(=O)NC)/C=C(OC)\C(=C/C)Oc1ccccc1[N+](=O)[O-]. The van der Waals surface area contributed by atoms with E-state index in [1.54, 1.807) is 19.1 Å². The van der Waals surface area contributed by atoms with Gasteiger partial charge < -0.3 is 14.8 Å². The van der Waals surface area contributed by atoms with Crippen LogP contribution in [0.4, 0.5) is 10.5 Å². The highest BCUT2D eigenvalue weighted by molar-refractivity contribution is 8.17. The molecule has 1 amide bonds. The van der Waals surface area contributed by atoms with E-state index in [4.69, 9.17) is 9.47 Å². The van der Waals surface area contributed by atoms with Crippen LogP contribution in [0.3, 0.4) is 0 Å². The lowest BCUT2D eigenvalue weighted by atomic mass is 10.2. The first-order valence-corrected chi connectivity index (χ1v) is 8.76. The number of benzene rings is 1. The molecule has 1 aromatic rings. The second-order valence-corrected chi connectivity index (χ2v) is 6.12. The molecule has 0 heterocycles. The highest BCUT2D eigenvalue weighted by atomic mass is 32.2. The van der Waals surface area contributed by atoms with Gasteiger partial charge in [-0.3, -0.25) is 19.7 Å². The van der Waals surface area contributed by atoms with Crippen molar-refractivity contribution in [3.63, 3.8) is 0 Å². The second kappa shape index (κ2) is 11.4. The zero-order valence-electron chi connectivity index (χ0n) is 15.6. The van der Waals surface area contributed by atoms with Crippen molar-refractivity contribution >= 4 is 29.0 Å². The van der Waals surface area contributed by atoms with Crippen molar-refractivity contribution < 1.29 is 24.0 Å². The molecule has 1 aromatic carbocycles. The molecule has 8 nitrogen and oxygen atoms in total. The molecular weight excluding hydrogens is 384 g/mol. The van der Waals surface area contributed by atoms with Crippen LogP contribution < -0.4 is 10.1 Å². The Morgan fingerprint density at radius 3 is 2.50 bits per heavy atom. The van der Waals surface area contributed by atoms with Gasteiger partial charge in [0.25, 0.3) is 5.24 Å². The van der Waals surface area contributed by atoms with E-state index < -0.39 is 10.2 Å². The highest BCUT2D eigenvalue weighted by Crippen LogP contribution is 2.29. The zero-order chi connectivity index (χ0) is 21.1. The highest BCUT2D eigenvalue weighted by Gasteiger charge is 2.17. The summed E-state index contributed by atoms with van der Waals surface area (Å²) in [6, 6.07) is 5.94. The monoisotopic (exact) mass is 404 g/mol. The normalized spacial score (nSPS) is 12.2. The van der Waals surface area contributed by atoms with E-state index in [-0.39, 0.29) is 27.9 Å². The first kappa shape index (κ1) is 22.7. The number of amides is 1. The van der Waals surface area contributed by atoms with Crippen molar-refractivity contribution in [2.45, 2.75) is 6.92 Å². The molecule has 0 atom stereocenters. The molecule has 0 unspecified atom stereocenters. The minimum atomic E-state index is -0.549. The average molecular weight is 404 g/mol. The van der Waals surface area contributed by atoms with Gasteiger partial charge in [0.2, 0.25) is 5.75 Å². The van der Waals surface area contributed by atoms with E-state index >= 15 is 0 Å². The van der Waals surface area contributed by atoms with Crippen LogP contribution in [-0.2, 0) is 9.53 Å². The van der Waals surface area contributed by atoms with Crippen molar-refractivity contribution in [2.24, 2.45) is 0 Å². The van der Waals surface area contributed by atoms with Crippen molar-refractivity contribution in [1.29, 1.82) is 0 Å². The molecule has 0 spiro atoms. The molecule has 1 rings (SSSR count). The van der Waals surface area contributed by atoms with E-state index in [0.29, 0.717) is 11.9 Å². The Balaban J connectivity index is 3.12. The average Bonchev–Trinajstić information content (AvgIpc) is 2.69. The summed E-state index contributed by atoms with van der Waals surface area (Å²) in [6.07, 6.45) is 5.00. The number of nitro benzene ring substituents is 1. The summed E-state index contributed by atoms with van der Waals surface area (Å²) in [5, 5.41) is 13.1. The minimum absolute atomic E-state index is 0.0495. The molecular formula is C19H20N2O6S. The third-order valence-electron chi connectivity index (χ3n) is 3.18. The predicted molar refractivity (Wildman–Crippen MR) is 108 cm³/mol. The summed E-state index contributed by atoms with van der Waals surface area (Å²) in [4.78, 5) is 33.2. The summed E-state index contributed by atoms with van der Waals surface area (Å²) in [5.74, 6) is 0.503. The van der Waals surface area contributed by atoms with Gasteiger partial charge in [-0.25, -0.2) is 0 Å². The predicted octanol–water partition coefficient (Wildman–Crippen LogP) is 4.12. The quantitative estimate of drug-likeness (QED) is 0.165. The van der Waals surface area contributed by atoms with E-state index in [2.05, 4.69) is 11.9 Å². The number of nitrogens with zero attached hydrogens (tertiary/aromatic N) is 1. The number of carbonyl (C=O) groups is 2. The second-order valence-electron chi connectivity index (χ2n) is 5.07. The van der Waals surface area contributed by atoms with Crippen LogP contribution in [0, 0.1) is 10.1 Å². The molecule has 0 saturated carbocycles. The van der Waals surface area contributed by atoms with Crippen molar-refractivity contribution in [3.05, 3.63) is 81.2 Å². The van der Waals surface area contributed by atoms with Crippen molar-refractivity contribution in [3.8, 4) is 5.75 Å². The summed E-state index contributed by atoms with van der Waals surface area (Å²) in [7, 11) is 2.85. The standard InChI is InChI=1S/C19H20N2O6S/c1-5-16(27-17-9-7-6-8-15(17)21(24)25)18(26-4)11-13(2)10-14(12-22)28-19(23)20-3/h5-12H,2H2,1,3-4H3,(H,20,23)/b14-10-,16-5+,18-11+. The Labute approximate surface area is 166 Å². The van der Waals surface area contributed by atoms with Crippen molar-refractivity contribution in [2.75, 3.05) is 14.2 Å². The number of hydrogen-bond donors (Lipinski definition) is 1. The summed E-state index contributed by atoms with van der Waals surface area (Å²) in [6.45, 7) is 5.48. The Bertz CT molecular complexity index is 858. The van der Waals surface area contributed by atoms with Crippen LogP contribution in [0.5, 0.6) is 5.75 Å². The Kier molecular flexibility index (Phi) is 9.24. The number of nitro groups is 1. The maximum Gasteiger partial charge on any atom is 0.311 e. The number of methoxy groups -OCH3 is 1. The first-order valence-electron chi connectivity index (χ1n) is 7.95. The van der Waals surface area contributed by atoms with E-state index in [9.17, 15) is 19.7 Å². The van der Waals surface area contributed by atoms with Crippen LogP contribution in [0.1, 0.15) is 6.92 Å². The van der Waals surface area contributed by atoms with Gasteiger partial charge in [-0.15, -0.1) is 0 Å². The maximum atomic E-state index is 11.4. The lowest BCUT2D eigenvalue weighted by molar-refractivity contribution is -0.385. The third-order valence-corrected chi connectivity index (χ3v) is 4.02. The van der Waals surface area contributed by atoms with Gasteiger partial charge in [-0.1, -0.05) is 18.7 Å². The fourth-order valence-electron chi connectivity index (χ4n) is 1.93. The van der Waals surface area contributed by atoms with Crippen LogP contribution in [0.2, 0.25) is 0 Å². The minimum Gasteiger partial charge on any atom is -0.493 e. The summed E-state index contributed by atoms with van der Waals surface area (Å²) < 4.78 is 10.9. The molecule has 0 aromatic heterocycles. The van der Waals surface area contributed by atoms with Crippen LogP contribution in [-0.4, -0.2) is 30.6 Å². The first-order chi connectivity index (χ1) is 13.4. The number of para-hydroxylation sites is 2. The molecule has 9 heteroatoms. The number of nitrogens with one attached hydrogen (secondary N) is 1. The number of allylic oxidation sites excluding steroid dienone is 5. The van der Waals surface area contributed by atoms with Crippen molar-refractivity contribution in [1.82, 2.24) is 5.32 Å². The Hall–Kier alpha value is -3.33. The van der Waals surface area contributed by atoms with Gasteiger partial charge in [0, 0.05) is 13.1 Å². The largest absolute Gasteiger partial charge is 0.493 e. The van der Waals surface area contributed by atoms with Crippen LogP contribution >= 0.6 is 11.8 Å². The lowest BCUT2D eigenvalue weighted by Crippen LogP contribution is -2.11. The van der Waals surface area contributed by atoms with Gasteiger partial charge in [0.05, 0.1) is 16.9 Å². The topological polar surface area (TPSA) is 108 Å². The molecule has 0 aliphatic rings. The number of aldehydes is 1. The van der Waals surface area contributed by atoms with E-state index in [1.165, 1.54) is 44.5 Å². The Morgan fingerprint density at radius 1 is 1.29 bits per heavy atom. The molecule has 0 fully saturated rings. The number of ether oxygens (including phenoxy) is 2. The third kappa shape index (κ3) is 6.76. The Morgan fingerprint density at radius 2 is 1.96 bits per heavy atom. The number of thioether (sulfide) groups is 1. The smallest absolute Gasteiger partial charge is 0.311 e. The zero-order valence-corrected chi connectivity index (χ0v) is 16.4. The maximum absolute atomic E-state index is 11.4. The molecule has 0 aliphatic heterocycles. The molecule has 28 heavy (non-hydrogen) atoms. The van der Waals surface area contributed by atoms with Gasteiger partial charge in [0.1, 0.15) is 0 Å². The number of carbonyl (C=O) groups excluding carboxylic acids is 2. The number of rotatable bonds is 9. The lowest BCUT2D eigenvalue weighted by Gasteiger charge is -2.13. The van der Waals surface area contributed by atoms with Crippen LogP contribution in [0.25, 0.3) is 0 Å². The fourth-order valence-corrected chi connectivity index (χ4v) is 2.51. The summed E-state index contributed by atoms with van der Waals surface area (Å²) >= 11 is 0.721. The molecule has 148 valence electrons. The van der Waals surface area contributed by atoms with E-state index in [0.717, 1.165) is 11.8 Å². The van der Waals surface area contributed by atoms with E-state index in [1.807, 2.05) is 0 Å². The molecule has 0 radical (unpaired) electrons. The van der Waals surface area contributed by atoms with Crippen LogP contribution in [0.15, 0.2) is 71.1 Å². The molecule has 0 bridgehead atoms. The van der Waals surface area contributed by atoms with Gasteiger partial charge in [0.15, 0.2) is 17.8 Å². The van der Waals surface area contributed by atoms with Gasteiger partial charge in [-0.2, -0.15) is 0 Å². The summed E-state index contributed by atoms with van der Waals surface area (Å²) in [5.41, 5.74) is 0.169. The molecule has 0 aliphatic carbocycles. The molecule has 0 saturated heterocycles.